The number of hydrogen-bond acceptors (Lipinski definition) is 6. The number of para-hydroxylation sites is 7. The van der Waals surface area contributed by atoms with Crippen LogP contribution in [-0.2, 0) is 21.1 Å². The minimum atomic E-state index is 0. The van der Waals surface area contributed by atoms with E-state index < -0.39 is 0 Å². The van der Waals surface area contributed by atoms with Crippen LogP contribution in [0.2, 0.25) is 0 Å². The van der Waals surface area contributed by atoms with Gasteiger partial charge in [-0.15, -0.1) is 0 Å². The molecule has 0 bridgehead atoms. The van der Waals surface area contributed by atoms with E-state index in [-0.39, 0.29) is 32.6 Å². The van der Waals surface area contributed by atoms with E-state index in [2.05, 4.69) is 117 Å². The maximum absolute atomic E-state index is 10.9. The van der Waals surface area contributed by atoms with Crippen molar-refractivity contribution in [1.29, 1.82) is 0 Å². The summed E-state index contributed by atoms with van der Waals surface area (Å²) in [5.74, 6) is 0.480. The van der Waals surface area contributed by atoms with Crippen molar-refractivity contribution in [2.24, 2.45) is 0 Å². The summed E-state index contributed by atoms with van der Waals surface area (Å²) in [5.41, 5.74) is 12.3. The standard InChI is InChI=1S/C28H26N3O.C25H18N3O.Pt/c1-3-30(25-15-9-7-11-20(25)2)19-29-24-18-27-23(17-28(24)32)22-14-8-10-16-26(22)31(27)21-12-5-4-6-13-21;29-25-14-19-18-10-4-6-12-21(18)28(17-8-2-1-3-9-17)23(19)15-24(25)27-16-26-20-11-5-7-13-22(20)27;/h4-19,29,32H,3H2,1-2H3;1-16,26,29H;/q2*-1;+2. The van der Waals surface area contributed by atoms with Gasteiger partial charge in [0.25, 0.3) is 0 Å². The van der Waals surface area contributed by atoms with Gasteiger partial charge in [-0.2, -0.15) is 13.3 Å². The van der Waals surface area contributed by atoms with E-state index in [0.717, 1.165) is 84.3 Å². The zero-order valence-electron chi connectivity index (χ0n) is 34.2. The van der Waals surface area contributed by atoms with Gasteiger partial charge in [0.1, 0.15) is 11.5 Å². The molecule has 62 heavy (non-hydrogen) atoms. The molecule has 11 rings (SSSR count). The molecule has 0 atom stereocenters. The number of rotatable bonds is 8. The normalized spacial score (nSPS) is 11.9. The van der Waals surface area contributed by atoms with E-state index >= 15 is 0 Å². The molecule has 8 nitrogen and oxygen atoms in total. The summed E-state index contributed by atoms with van der Waals surface area (Å²) in [6, 6.07) is 61.5. The fraction of sp³-hybridized carbons (Fsp3) is 0.0566. The van der Waals surface area contributed by atoms with E-state index in [1.165, 1.54) is 5.56 Å². The third kappa shape index (κ3) is 7.16. The first-order valence-electron chi connectivity index (χ1n) is 20.5. The second-order valence-corrected chi connectivity index (χ2v) is 15.1. The molecule has 1 aliphatic heterocycles. The number of anilines is 5. The monoisotopic (exact) mass is 991 g/mol. The molecular formula is C53H44N6O2Pt. The minimum absolute atomic E-state index is 0. The molecule has 2 aromatic heterocycles. The largest absolute Gasteiger partial charge is 2.00 e. The van der Waals surface area contributed by atoms with Crippen molar-refractivity contribution in [3.8, 4) is 22.9 Å². The van der Waals surface area contributed by atoms with Crippen LogP contribution in [0.4, 0.5) is 28.4 Å². The van der Waals surface area contributed by atoms with Gasteiger partial charge >= 0.3 is 21.1 Å². The van der Waals surface area contributed by atoms with Gasteiger partial charge in [-0.25, -0.2) is 0 Å². The van der Waals surface area contributed by atoms with Gasteiger partial charge in [0.05, 0.1) is 33.4 Å². The van der Waals surface area contributed by atoms with Crippen LogP contribution >= 0.6 is 0 Å². The van der Waals surface area contributed by atoms with Gasteiger partial charge in [0.2, 0.25) is 0 Å². The molecule has 0 radical (unpaired) electrons. The molecule has 1 aliphatic rings. The smallest absolute Gasteiger partial charge is 0.514 e. The summed E-state index contributed by atoms with van der Waals surface area (Å²) >= 11 is 0. The van der Waals surface area contributed by atoms with Crippen LogP contribution in [-0.4, -0.2) is 25.9 Å². The van der Waals surface area contributed by atoms with Gasteiger partial charge in [-0.1, -0.05) is 103 Å². The van der Waals surface area contributed by atoms with Crippen LogP contribution in [0.25, 0.3) is 55.0 Å². The van der Waals surface area contributed by atoms with E-state index in [9.17, 15) is 10.2 Å². The molecular weight excluding hydrogens is 948 g/mol. The molecule has 0 fully saturated rings. The van der Waals surface area contributed by atoms with Crippen LogP contribution in [0.5, 0.6) is 11.5 Å². The number of benzene rings is 8. The Balaban J connectivity index is 0.000000156. The molecule has 3 heterocycles. The maximum Gasteiger partial charge on any atom is 2.00 e. The maximum atomic E-state index is 10.9. The van der Waals surface area contributed by atoms with E-state index in [4.69, 9.17) is 0 Å². The quantitative estimate of drug-likeness (QED) is 0.0897. The summed E-state index contributed by atoms with van der Waals surface area (Å²) in [7, 11) is 0. The average molecular weight is 992 g/mol. The van der Waals surface area contributed by atoms with E-state index in [1.54, 1.807) is 0 Å². The first-order chi connectivity index (χ1) is 30.0. The SMILES string of the molecule is CCN([CH-]Nc1cc2c(cc1O)c1ccccc1n2-c1ccccc1)c1ccccc1C.Oc1cc2c3ccccc3n(-c3ccccc3)c2cc1N1[CH-]Nc2ccccc21.[Pt+2]. The van der Waals surface area contributed by atoms with Crippen molar-refractivity contribution in [3.05, 3.63) is 201 Å². The molecule has 9 heteroatoms. The van der Waals surface area contributed by atoms with Crippen LogP contribution in [0.15, 0.2) is 182 Å². The predicted octanol–water partition coefficient (Wildman–Crippen LogP) is 13.0. The number of aromatic hydroxyl groups is 2. The van der Waals surface area contributed by atoms with Crippen molar-refractivity contribution in [2.75, 3.05) is 27.0 Å². The van der Waals surface area contributed by atoms with E-state index in [1.807, 2.05) is 121 Å². The Hall–Kier alpha value is -7.15. The third-order valence-corrected chi connectivity index (χ3v) is 11.5. The molecule has 0 aliphatic carbocycles. The Morgan fingerprint density at radius 1 is 0.565 bits per heavy atom. The zero-order valence-corrected chi connectivity index (χ0v) is 36.5. The number of nitrogens with one attached hydrogen (secondary N) is 2. The van der Waals surface area contributed by atoms with Crippen LogP contribution in [0.3, 0.4) is 0 Å². The topological polar surface area (TPSA) is 80.9 Å². The van der Waals surface area contributed by atoms with Crippen LogP contribution in [0, 0.1) is 20.3 Å². The second kappa shape index (κ2) is 17.1. The molecule has 308 valence electrons. The fourth-order valence-electron chi connectivity index (χ4n) is 8.59. The van der Waals surface area contributed by atoms with E-state index in [0.29, 0.717) is 5.69 Å². The molecule has 0 saturated heterocycles. The number of aryl methyl sites for hydroxylation is 1. The van der Waals surface area contributed by atoms with Gasteiger partial charge in [0, 0.05) is 50.0 Å². The summed E-state index contributed by atoms with van der Waals surface area (Å²) in [4.78, 5) is 4.14. The van der Waals surface area contributed by atoms with Crippen LogP contribution < -0.4 is 20.4 Å². The Morgan fingerprint density at radius 2 is 1.10 bits per heavy atom. The number of aromatic nitrogens is 2. The number of hydrogen-bond donors (Lipinski definition) is 4. The van der Waals surface area contributed by atoms with Gasteiger partial charge < -0.3 is 39.8 Å². The molecule has 8 aromatic carbocycles. The summed E-state index contributed by atoms with van der Waals surface area (Å²) in [5, 5.41) is 32.7. The molecule has 10 aromatic rings. The average Bonchev–Trinajstić information content (AvgIpc) is 3.97. The third-order valence-electron chi connectivity index (χ3n) is 11.5. The Bertz CT molecular complexity index is 3200. The van der Waals surface area contributed by atoms with Crippen molar-refractivity contribution >= 4 is 72.0 Å². The van der Waals surface area contributed by atoms with Gasteiger partial charge in [0.15, 0.2) is 0 Å². The summed E-state index contributed by atoms with van der Waals surface area (Å²) in [6.45, 7) is 8.85. The molecule has 0 unspecified atom stereocenters. The zero-order chi connectivity index (χ0) is 41.5. The van der Waals surface area contributed by atoms with Crippen molar-refractivity contribution in [1.82, 2.24) is 9.13 Å². The Kier molecular flexibility index (Phi) is 11.1. The Morgan fingerprint density at radius 3 is 1.73 bits per heavy atom. The summed E-state index contributed by atoms with van der Waals surface area (Å²) in [6.07, 6.45) is 0. The number of phenols is 2. The van der Waals surface area contributed by atoms with Crippen molar-refractivity contribution in [3.63, 3.8) is 0 Å². The molecule has 0 saturated carbocycles. The van der Waals surface area contributed by atoms with Crippen molar-refractivity contribution < 1.29 is 31.3 Å². The predicted molar refractivity (Wildman–Crippen MR) is 254 cm³/mol. The van der Waals surface area contributed by atoms with Crippen LogP contribution in [0.1, 0.15) is 12.5 Å². The number of fused-ring (bicyclic) bond motifs is 7. The number of phenolic OH excluding ortho intramolecular Hbond substituents is 2. The first kappa shape index (κ1) is 40.3. The minimum Gasteiger partial charge on any atom is -0.514 e. The Labute approximate surface area is 375 Å². The second-order valence-electron chi connectivity index (χ2n) is 15.1. The molecule has 4 N–H and O–H groups in total. The fourth-order valence-corrected chi connectivity index (χ4v) is 8.59. The molecule has 0 spiro atoms. The van der Waals surface area contributed by atoms with Gasteiger partial charge in [-0.05, 0) is 105 Å². The summed E-state index contributed by atoms with van der Waals surface area (Å²) < 4.78 is 4.50. The van der Waals surface area contributed by atoms with Crippen molar-refractivity contribution in [2.45, 2.75) is 13.8 Å². The number of nitrogens with zero attached hydrogens (tertiary/aromatic N) is 4. The molecule has 0 amide bonds. The first-order valence-corrected chi connectivity index (χ1v) is 20.5. The van der Waals surface area contributed by atoms with Gasteiger partial charge in [-0.3, -0.25) is 0 Å².